The number of amides is 4. The van der Waals surface area contributed by atoms with Gasteiger partial charge in [-0.3, -0.25) is 14.9 Å². The van der Waals surface area contributed by atoms with Gasteiger partial charge < -0.3 is 18.9 Å². The zero-order valence-electron chi connectivity index (χ0n) is 24.3. The predicted molar refractivity (Wildman–Crippen MR) is 169 cm³/mol. The molecule has 230 valence electrons. The molecular formula is C34H28BrFN2O7. The molecule has 0 bridgehead atoms. The summed E-state index contributed by atoms with van der Waals surface area (Å²) in [5, 5.41) is 2.15. The zero-order chi connectivity index (χ0) is 31.9. The molecule has 4 aromatic rings. The van der Waals surface area contributed by atoms with Crippen molar-refractivity contribution in [3.05, 3.63) is 117 Å². The summed E-state index contributed by atoms with van der Waals surface area (Å²) in [5.41, 5.74) is 2.11. The molecule has 1 aliphatic rings. The van der Waals surface area contributed by atoms with Gasteiger partial charge in [0, 0.05) is 0 Å². The summed E-state index contributed by atoms with van der Waals surface area (Å²) < 4.78 is 37.4. The van der Waals surface area contributed by atoms with Gasteiger partial charge in [0.25, 0.3) is 11.8 Å². The number of carbonyl (C=O) groups is 3. The molecule has 1 heterocycles. The van der Waals surface area contributed by atoms with Crippen molar-refractivity contribution < 1.29 is 37.7 Å². The maximum absolute atomic E-state index is 13.4. The highest BCUT2D eigenvalue weighted by Crippen LogP contribution is 2.39. The van der Waals surface area contributed by atoms with Gasteiger partial charge in [-0.25, -0.2) is 14.1 Å². The van der Waals surface area contributed by atoms with Crippen LogP contribution in [0.5, 0.6) is 23.0 Å². The minimum atomic E-state index is -0.931. The Bertz CT molecular complexity index is 1760. The molecule has 11 heteroatoms. The Hall–Kier alpha value is -5.16. The molecular weight excluding hydrogens is 647 g/mol. The Kier molecular flexibility index (Phi) is 9.79. The van der Waals surface area contributed by atoms with E-state index in [2.05, 4.69) is 21.2 Å². The van der Waals surface area contributed by atoms with Gasteiger partial charge in [0.1, 0.15) is 24.6 Å². The van der Waals surface area contributed by atoms with E-state index >= 15 is 0 Å². The van der Waals surface area contributed by atoms with E-state index in [0.29, 0.717) is 46.2 Å². The minimum absolute atomic E-state index is 0.114. The van der Waals surface area contributed by atoms with Gasteiger partial charge >= 0.3 is 6.03 Å². The number of carbonyl (C=O) groups excluding carboxylic acids is 3. The molecule has 0 atom stereocenters. The number of imide groups is 2. The van der Waals surface area contributed by atoms with Crippen LogP contribution < -0.4 is 29.2 Å². The van der Waals surface area contributed by atoms with E-state index in [9.17, 15) is 18.8 Å². The van der Waals surface area contributed by atoms with E-state index in [4.69, 9.17) is 18.9 Å². The SMILES string of the molecule is CCOc1cc(COc2c(Br)cc(/C=C3\C(=O)NC(=O)N(c4ccc(F)cc4)C3=O)cc2OC)ccc1OCc1ccccc1. The molecule has 4 aromatic carbocycles. The summed E-state index contributed by atoms with van der Waals surface area (Å²) in [7, 11) is 1.46. The molecule has 1 N–H and O–H groups in total. The fourth-order valence-electron chi connectivity index (χ4n) is 4.53. The van der Waals surface area contributed by atoms with Gasteiger partial charge in [-0.1, -0.05) is 36.4 Å². The van der Waals surface area contributed by atoms with E-state index in [1.807, 2.05) is 55.5 Å². The smallest absolute Gasteiger partial charge is 0.335 e. The van der Waals surface area contributed by atoms with Crippen LogP contribution in [0.25, 0.3) is 6.08 Å². The monoisotopic (exact) mass is 674 g/mol. The summed E-state index contributed by atoms with van der Waals surface area (Å²) in [6.45, 7) is 2.92. The van der Waals surface area contributed by atoms with Gasteiger partial charge in [-0.05, 0) is 94.2 Å². The molecule has 0 unspecified atom stereocenters. The summed E-state index contributed by atoms with van der Waals surface area (Å²) in [6.07, 6.45) is 1.33. The second kappa shape index (κ2) is 14.1. The number of hydrogen-bond acceptors (Lipinski definition) is 7. The fraction of sp³-hybridized carbons (Fsp3) is 0.147. The maximum atomic E-state index is 13.4. The highest BCUT2D eigenvalue weighted by atomic mass is 79.9. The average Bonchev–Trinajstić information content (AvgIpc) is 3.03. The molecule has 0 aromatic heterocycles. The van der Waals surface area contributed by atoms with Crippen LogP contribution in [0.3, 0.4) is 0 Å². The maximum Gasteiger partial charge on any atom is 0.335 e. The number of barbiturate groups is 1. The lowest BCUT2D eigenvalue weighted by Gasteiger charge is -2.26. The number of benzene rings is 4. The highest BCUT2D eigenvalue weighted by molar-refractivity contribution is 9.10. The number of urea groups is 1. The van der Waals surface area contributed by atoms with Gasteiger partial charge in [0.15, 0.2) is 23.0 Å². The molecule has 45 heavy (non-hydrogen) atoms. The van der Waals surface area contributed by atoms with Gasteiger partial charge in [-0.15, -0.1) is 0 Å². The summed E-state index contributed by atoms with van der Waals surface area (Å²) in [6, 6.07) is 22.5. The van der Waals surface area contributed by atoms with E-state index in [0.717, 1.165) is 28.2 Å². The third kappa shape index (κ3) is 7.32. The molecule has 5 rings (SSSR count). The first-order valence-electron chi connectivity index (χ1n) is 13.9. The number of methoxy groups -OCH3 is 1. The first-order chi connectivity index (χ1) is 21.8. The van der Waals surface area contributed by atoms with Crippen LogP contribution in [-0.2, 0) is 22.8 Å². The third-order valence-corrected chi connectivity index (χ3v) is 7.27. The summed E-state index contributed by atoms with van der Waals surface area (Å²) >= 11 is 3.50. The number of nitrogens with one attached hydrogen (secondary N) is 1. The zero-order valence-corrected chi connectivity index (χ0v) is 25.9. The van der Waals surface area contributed by atoms with Crippen molar-refractivity contribution in [2.45, 2.75) is 20.1 Å². The molecule has 1 fully saturated rings. The van der Waals surface area contributed by atoms with Crippen molar-refractivity contribution in [1.29, 1.82) is 0 Å². The van der Waals surface area contributed by atoms with Crippen molar-refractivity contribution >= 4 is 45.5 Å². The second-order valence-electron chi connectivity index (χ2n) is 9.75. The lowest BCUT2D eigenvalue weighted by atomic mass is 10.1. The van der Waals surface area contributed by atoms with Crippen molar-refractivity contribution in [2.24, 2.45) is 0 Å². The number of hydrogen-bond donors (Lipinski definition) is 1. The Morgan fingerprint density at radius 1 is 0.822 bits per heavy atom. The molecule has 0 spiro atoms. The van der Waals surface area contributed by atoms with Crippen LogP contribution in [0.15, 0.2) is 95.0 Å². The standard InChI is InChI=1S/C34H28BrFN2O7/c1-3-43-29-17-22(9-14-28(29)44-19-21-7-5-4-6-8-21)20-45-31-27(35)16-23(18-30(31)42-2)15-26-32(39)37-34(41)38(33(26)40)25-12-10-24(36)11-13-25/h4-18H,3,19-20H2,1-2H3,(H,37,39,41)/b26-15+. The van der Waals surface area contributed by atoms with E-state index < -0.39 is 23.7 Å². The lowest BCUT2D eigenvalue weighted by molar-refractivity contribution is -0.122. The molecule has 1 saturated heterocycles. The Morgan fingerprint density at radius 2 is 1.56 bits per heavy atom. The normalized spacial score (nSPS) is 13.9. The summed E-state index contributed by atoms with van der Waals surface area (Å²) in [4.78, 5) is 39.1. The largest absolute Gasteiger partial charge is 0.493 e. The molecule has 4 amide bonds. The predicted octanol–water partition coefficient (Wildman–Crippen LogP) is 6.82. The lowest BCUT2D eigenvalue weighted by Crippen LogP contribution is -2.54. The second-order valence-corrected chi connectivity index (χ2v) is 10.6. The van der Waals surface area contributed by atoms with Crippen molar-refractivity contribution in [2.75, 3.05) is 18.6 Å². The van der Waals surface area contributed by atoms with Gasteiger partial charge in [0.05, 0.1) is 23.9 Å². The summed E-state index contributed by atoms with van der Waals surface area (Å²) in [5.74, 6) is -0.321. The average molecular weight is 676 g/mol. The Balaban J connectivity index is 1.34. The Labute approximate surface area is 267 Å². The Morgan fingerprint density at radius 3 is 2.27 bits per heavy atom. The highest BCUT2D eigenvalue weighted by Gasteiger charge is 2.37. The van der Waals surface area contributed by atoms with Gasteiger partial charge in [-0.2, -0.15) is 0 Å². The molecule has 1 aliphatic heterocycles. The molecule has 0 saturated carbocycles. The van der Waals surface area contributed by atoms with Crippen molar-refractivity contribution in [1.82, 2.24) is 5.32 Å². The van der Waals surface area contributed by atoms with Gasteiger partial charge in [0.2, 0.25) is 0 Å². The minimum Gasteiger partial charge on any atom is -0.493 e. The first-order valence-corrected chi connectivity index (χ1v) is 14.7. The number of nitrogens with zero attached hydrogens (tertiary/aromatic N) is 1. The number of rotatable bonds is 11. The quantitative estimate of drug-likeness (QED) is 0.138. The van der Waals surface area contributed by atoms with Crippen molar-refractivity contribution in [3.63, 3.8) is 0 Å². The number of halogens is 2. The van der Waals surface area contributed by atoms with Crippen LogP contribution in [0.4, 0.5) is 14.9 Å². The first kappa shape index (κ1) is 31.3. The number of anilines is 1. The fourth-order valence-corrected chi connectivity index (χ4v) is 5.11. The third-order valence-electron chi connectivity index (χ3n) is 6.68. The van der Waals surface area contributed by atoms with E-state index in [1.54, 1.807) is 12.1 Å². The van der Waals surface area contributed by atoms with Crippen LogP contribution in [0.2, 0.25) is 0 Å². The molecule has 0 radical (unpaired) electrons. The van der Waals surface area contributed by atoms with E-state index in [-0.39, 0.29) is 17.9 Å². The number of ether oxygens (including phenoxy) is 4. The van der Waals surface area contributed by atoms with Crippen molar-refractivity contribution in [3.8, 4) is 23.0 Å². The van der Waals surface area contributed by atoms with E-state index in [1.165, 1.54) is 25.3 Å². The van der Waals surface area contributed by atoms with Crippen LogP contribution >= 0.6 is 15.9 Å². The molecule has 9 nitrogen and oxygen atoms in total. The van der Waals surface area contributed by atoms with Crippen LogP contribution in [-0.4, -0.2) is 31.6 Å². The van der Waals surface area contributed by atoms with Crippen LogP contribution in [0, 0.1) is 5.82 Å². The molecule has 0 aliphatic carbocycles. The van der Waals surface area contributed by atoms with Crippen LogP contribution in [0.1, 0.15) is 23.6 Å². The topological polar surface area (TPSA) is 103 Å².